The monoisotopic (exact) mass is 709 g/mol. The van der Waals surface area contributed by atoms with Gasteiger partial charge < -0.3 is 36.8 Å². The van der Waals surface area contributed by atoms with Crippen LogP contribution >= 0.6 is 0 Å². The van der Waals surface area contributed by atoms with Crippen LogP contribution in [0.5, 0.6) is 5.75 Å². The molecule has 0 saturated carbocycles. The summed E-state index contributed by atoms with van der Waals surface area (Å²) in [7, 11) is 0. The summed E-state index contributed by atoms with van der Waals surface area (Å²) >= 11 is 0. The molecule has 0 radical (unpaired) electrons. The van der Waals surface area contributed by atoms with Gasteiger partial charge in [-0.1, -0.05) is 81.9 Å². The third-order valence-corrected chi connectivity index (χ3v) is 7.68. The summed E-state index contributed by atoms with van der Waals surface area (Å²) in [4.78, 5) is 78.4. The van der Waals surface area contributed by atoms with Gasteiger partial charge in [-0.05, 0) is 37.0 Å². The Kier molecular flexibility index (Phi) is 28.2. The number of nitrogens with one attached hydrogen (secondary N) is 1. The van der Waals surface area contributed by atoms with E-state index >= 15 is 0 Å². The highest BCUT2D eigenvalue weighted by atomic mass is 16.3. The second kappa shape index (κ2) is 27.9. The number of primary amides is 1. The first kappa shape index (κ1) is 50.5. The zero-order chi connectivity index (χ0) is 38.3. The van der Waals surface area contributed by atoms with Crippen LogP contribution in [0.25, 0.3) is 0 Å². The Morgan fingerprint density at radius 1 is 0.900 bits per heavy atom. The summed E-state index contributed by atoms with van der Waals surface area (Å²) in [6.07, 6.45) is -0.0427. The zero-order valence-corrected chi connectivity index (χ0v) is 31.2. The molecule has 7 N–H and O–H groups in total. The van der Waals surface area contributed by atoms with Crippen LogP contribution in [0.4, 0.5) is 0 Å². The lowest BCUT2D eigenvalue weighted by Crippen LogP contribution is -2.53. The number of rotatable bonds is 13. The quantitative estimate of drug-likeness (QED) is 0.203. The molecular formula is C37H67N5O8. The van der Waals surface area contributed by atoms with Crippen LogP contribution in [0.3, 0.4) is 0 Å². The largest absolute Gasteiger partial charge is 0.508 e. The van der Waals surface area contributed by atoms with Gasteiger partial charge in [0.05, 0.1) is 25.2 Å². The molecule has 2 aliphatic heterocycles. The number of phenolic OH excluding ortho intramolecular Hbond substituents is 1. The van der Waals surface area contributed by atoms with E-state index in [1.165, 1.54) is 28.9 Å². The van der Waals surface area contributed by atoms with Crippen molar-refractivity contribution in [1.82, 2.24) is 15.1 Å². The van der Waals surface area contributed by atoms with Crippen LogP contribution in [0.1, 0.15) is 107 Å². The molecule has 0 aliphatic carbocycles. The van der Waals surface area contributed by atoms with Crippen LogP contribution in [0, 0.1) is 11.8 Å². The van der Waals surface area contributed by atoms with Crippen LogP contribution < -0.4 is 16.8 Å². The van der Waals surface area contributed by atoms with Crippen LogP contribution in [0.2, 0.25) is 0 Å². The topological polar surface area (TPSA) is 213 Å². The van der Waals surface area contributed by atoms with Crippen molar-refractivity contribution in [2.24, 2.45) is 23.3 Å². The maximum Gasteiger partial charge on any atom is 0.246 e. The summed E-state index contributed by atoms with van der Waals surface area (Å²) in [6, 6.07) is 4.43. The molecular weight excluding hydrogens is 642 g/mol. The van der Waals surface area contributed by atoms with Gasteiger partial charge in [0.25, 0.3) is 0 Å². The molecule has 5 atom stereocenters. The normalized spacial score (nSPS) is 18.3. The number of phenols is 1. The van der Waals surface area contributed by atoms with Gasteiger partial charge in [-0.25, -0.2) is 0 Å². The fourth-order valence-corrected chi connectivity index (χ4v) is 5.41. The molecule has 2 fully saturated rings. The number of nitrogens with two attached hydrogens (primary N) is 2. The highest BCUT2D eigenvalue weighted by Crippen LogP contribution is 2.27. The number of likely N-dealkylation sites (tertiary alicyclic amines) is 2. The Bertz CT molecular complexity index is 1160. The summed E-state index contributed by atoms with van der Waals surface area (Å²) in [6.45, 7) is 17.1. The first-order chi connectivity index (χ1) is 23.4. The van der Waals surface area contributed by atoms with Gasteiger partial charge in [-0.3, -0.25) is 28.8 Å². The van der Waals surface area contributed by atoms with Crippen molar-refractivity contribution < 1.29 is 39.0 Å². The van der Waals surface area contributed by atoms with Crippen molar-refractivity contribution in [3.63, 3.8) is 0 Å². The van der Waals surface area contributed by atoms with Crippen molar-refractivity contribution in [2.75, 3.05) is 26.2 Å². The number of hydrogen-bond acceptors (Lipinski definition) is 9. The molecule has 1 aromatic carbocycles. The lowest BCUT2D eigenvalue weighted by molar-refractivity contribution is -0.146. The molecule has 2 heterocycles. The summed E-state index contributed by atoms with van der Waals surface area (Å²) in [5, 5.41) is 22.2. The molecule has 3 rings (SSSR count). The fraction of sp³-hybridized carbons (Fsp3) is 0.676. The number of amides is 4. The van der Waals surface area contributed by atoms with Gasteiger partial charge in [0.15, 0.2) is 5.78 Å². The van der Waals surface area contributed by atoms with E-state index in [0.717, 1.165) is 5.56 Å². The maximum atomic E-state index is 13.6. The molecule has 0 aromatic heterocycles. The molecule has 2 saturated heterocycles. The van der Waals surface area contributed by atoms with E-state index in [4.69, 9.17) is 11.5 Å². The standard InChI is InChI=1S/C28H39N5O8.4C2H6.CH4/c1-16(9-20(35)13-29)27(40)31-14-25(38)33-15-21(36)12-23(33)28(41)32-8-2-3-22(32)24(37)11-18(26(30)39)10-17-4-6-19(34)7-5-17;4*1-2;/h4-7,16,18,21-23,34,36H,2-3,8-15,29H2,1H3,(H2,30,39)(H,31,40);4*1-2H3;1H4/t16?,18?,21-,22?,23?;;;;;/m0...../s1. The number of carbonyl (C=O) groups is 6. The Hall–Kier alpha value is -3.84. The second-order valence-corrected chi connectivity index (χ2v) is 10.8. The predicted octanol–water partition coefficient (Wildman–Crippen LogP) is 3.36. The van der Waals surface area contributed by atoms with Crippen molar-refractivity contribution >= 4 is 35.2 Å². The first-order valence-electron chi connectivity index (χ1n) is 17.8. The minimum atomic E-state index is -1.01. The van der Waals surface area contributed by atoms with E-state index in [-0.39, 0.29) is 70.1 Å². The van der Waals surface area contributed by atoms with E-state index in [1.807, 2.05) is 55.4 Å². The zero-order valence-electron chi connectivity index (χ0n) is 31.2. The van der Waals surface area contributed by atoms with E-state index in [2.05, 4.69) is 5.32 Å². The average Bonchev–Trinajstić information content (AvgIpc) is 3.78. The van der Waals surface area contributed by atoms with E-state index in [0.29, 0.717) is 12.8 Å². The molecule has 2 aliphatic rings. The van der Waals surface area contributed by atoms with Crippen molar-refractivity contribution in [1.29, 1.82) is 0 Å². The number of β-amino-alcohol motifs (C(OH)–C–C–N with tert-alkyl or cyclic N) is 1. The van der Waals surface area contributed by atoms with Crippen molar-refractivity contribution in [3.05, 3.63) is 29.8 Å². The molecule has 4 amide bonds. The Morgan fingerprint density at radius 3 is 1.98 bits per heavy atom. The molecule has 0 spiro atoms. The van der Waals surface area contributed by atoms with Crippen molar-refractivity contribution in [3.8, 4) is 5.75 Å². The molecule has 50 heavy (non-hydrogen) atoms. The lowest BCUT2D eigenvalue weighted by atomic mass is 9.91. The summed E-state index contributed by atoms with van der Waals surface area (Å²) in [5.41, 5.74) is 11.6. The average molecular weight is 710 g/mol. The van der Waals surface area contributed by atoms with Crippen molar-refractivity contribution in [2.45, 2.75) is 126 Å². The maximum absolute atomic E-state index is 13.6. The number of nitrogens with zero attached hydrogens (tertiary/aromatic N) is 2. The Balaban J connectivity index is -0.00000228. The van der Waals surface area contributed by atoms with E-state index < -0.39 is 60.2 Å². The molecule has 288 valence electrons. The predicted molar refractivity (Wildman–Crippen MR) is 198 cm³/mol. The second-order valence-electron chi connectivity index (χ2n) is 10.8. The molecule has 4 unspecified atom stereocenters. The summed E-state index contributed by atoms with van der Waals surface area (Å²) < 4.78 is 0. The van der Waals surface area contributed by atoms with E-state index in [9.17, 15) is 39.0 Å². The SMILES string of the molecule is C.CC.CC.CC.CC.CC(CC(=O)CN)C(=O)NCC(=O)N1C[C@@H](O)CC1C(=O)N1CCCC1C(=O)CC(Cc1ccc(O)cc1)C(N)=O. The Labute approximate surface area is 300 Å². The fourth-order valence-electron chi connectivity index (χ4n) is 5.41. The third-order valence-electron chi connectivity index (χ3n) is 7.68. The van der Waals surface area contributed by atoms with Crippen LogP contribution in [0.15, 0.2) is 24.3 Å². The molecule has 0 bridgehead atoms. The van der Waals surface area contributed by atoms with Gasteiger partial charge >= 0.3 is 0 Å². The third kappa shape index (κ3) is 16.2. The number of aromatic hydroxyl groups is 1. The molecule has 13 heteroatoms. The number of carbonyl (C=O) groups excluding carboxylic acids is 6. The van der Waals surface area contributed by atoms with E-state index in [1.54, 1.807) is 12.1 Å². The number of hydrogen-bond donors (Lipinski definition) is 5. The van der Waals surface area contributed by atoms with Crippen LogP contribution in [-0.2, 0) is 35.2 Å². The Morgan fingerprint density at radius 2 is 1.46 bits per heavy atom. The highest BCUT2D eigenvalue weighted by molar-refractivity contribution is 5.96. The number of ketones is 2. The van der Waals surface area contributed by atoms with Gasteiger partial charge in [-0.15, -0.1) is 0 Å². The number of Topliss-reactive ketones (excluding diaryl/α,β-unsaturated/α-hetero) is 2. The molecule has 1 aromatic rings. The molecule has 13 nitrogen and oxygen atoms in total. The minimum absolute atomic E-state index is 0. The highest BCUT2D eigenvalue weighted by Gasteiger charge is 2.44. The van der Waals surface area contributed by atoms with Gasteiger partial charge in [0, 0.05) is 44.2 Å². The summed E-state index contributed by atoms with van der Waals surface area (Å²) in [5.74, 6) is -4.24. The van der Waals surface area contributed by atoms with Crippen LogP contribution in [-0.4, -0.2) is 99.6 Å². The minimum Gasteiger partial charge on any atom is -0.508 e. The van der Waals surface area contributed by atoms with Gasteiger partial charge in [0.1, 0.15) is 17.6 Å². The van der Waals surface area contributed by atoms with Gasteiger partial charge in [0.2, 0.25) is 23.6 Å². The smallest absolute Gasteiger partial charge is 0.246 e. The van der Waals surface area contributed by atoms with Gasteiger partial charge in [-0.2, -0.15) is 0 Å². The number of aliphatic hydroxyl groups is 1. The number of benzene rings is 1. The first-order valence-corrected chi connectivity index (χ1v) is 17.8. The lowest BCUT2D eigenvalue weighted by Gasteiger charge is -2.31. The number of aliphatic hydroxyl groups excluding tert-OH is 1.